The first-order chi connectivity index (χ1) is 14.7. The fraction of sp³-hybridized carbons (Fsp3) is 0.304. The van der Waals surface area contributed by atoms with Crippen molar-refractivity contribution in [2.75, 3.05) is 23.3 Å². The van der Waals surface area contributed by atoms with Gasteiger partial charge in [-0.15, -0.1) is 11.3 Å². The van der Waals surface area contributed by atoms with Gasteiger partial charge in [0.15, 0.2) is 0 Å². The first kappa shape index (κ1) is 18.9. The summed E-state index contributed by atoms with van der Waals surface area (Å²) >= 11 is 1.62. The van der Waals surface area contributed by atoms with E-state index in [1.165, 1.54) is 24.8 Å². The third-order valence-electron chi connectivity index (χ3n) is 5.47. The number of nitrogens with one attached hydrogen (secondary N) is 1. The van der Waals surface area contributed by atoms with Crippen LogP contribution >= 0.6 is 11.3 Å². The lowest BCUT2D eigenvalue weighted by Gasteiger charge is -2.29. The van der Waals surface area contributed by atoms with Crippen molar-refractivity contribution in [1.82, 2.24) is 19.9 Å². The van der Waals surface area contributed by atoms with Gasteiger partial charge in [0.25, 0.3) is 0 Å². The van der Waals surface area contributed by atoms with Crippen LogP contribution in [0.5, 0.6) is 0 Å². The van der Waals surface area contributed by atoms with Crippen LogP contribution in [-0.2, 0) is 0 Å². The molecule has 30 heavy (non-hydrogen) atoms. The Balaban J connectivity index is 1.42. The SMILES string of the molecule is Cc1cccnc1-c1nc2cc(Nc3ccc(C)c(N4CCCCC4)n3)ncc2s1. The standard InChI is InChI=1S/C23H24N6S/c1-15-7-6-10-24-21(15)23-26-17-13-20(25-14-18(17)30-23)27-19-9-8-16(2)22(28-19)29-11-4-3-5-12-29/h6-10,13-14H,3-5,11-12H2,1-2H3,(H,25,27,28). The predicted molar refractivity (Wildman–Crippen MR) is 124 cm³/mol. The summed E-state index contributed by atoms with van der Waals surface area (Å²) in [6.45, 7) is 6.34. The second-order valence-electron chi connectivity index (χ2n) is 7.73. The van der Waals surface area contributed by atoms with E-state index in [1.807, 2.05) is 30.6 Å². The number of hydrogen-bond donors (Lipinski definition) is 1. The quantitative estimate of drug-likeness (QED) is 0.474. The number of rotatable bonds is 4. The number of anilines is 3. The van der Waals surface area contributed by atoms with Crippen molar-refractivity contribution in [3.63, 3.8) is 0 Å². The molecule has 0 aliphatic carbocycles. The minimum atomic E-state index is 0.748. The van der Waals surface area contributed by atoms with Gasteiger partial charge in [-0.05, 0) is 56.4 Å². The predicted octanol–water partition coefficient (Wildman–Crippen LogP) is 5.50. The molecule has 0 bridgehead atoms. The minimum absolute atomic E-state index is 0.748. The zero-order valence-electron chi connectivity index (χ0n) is 17.2. The molecule has 0 radical (unpaired) electrons. The molecule has 0 spiro atoms. The molecule has 1 N–H and O–H groups in total. The topological polar surface area (TPSA) is 66.8 Å². The zero-order chi connectivity index (χ0) is 20.5. The number of fused-ring (bicyclic) bond motifs is 1. The van der Waals surface area contributed by atoms with Gasteiger partial charge in [-0.3, -0.25) is 4.98 Å². The number of pyridine rings is 3. The summed E-state index contributed by atoms with van der Waals surface area (Å²) in [6.07, 6.45) is 7.46. The number of nitrogens with zero attached hydrogens (tertiary/aromatic N) is 5. The summed E-state index contributed by atoms with van der Waals surface area (Å²) in [5.41, 5.74) is 4.18. The lowest BCUT2D eigenvalue weighted by molar-refractivity contribution is 0.572. The summed E-state index contributed by atoms with van der Waals surface area (Å²) in [4.78, 5) is 21.1. The largest absolute Gasteiger partial charge is 0.356 e. The van der Waals surface area contributed by atoms with Crippen molar-refractivity contribution in [1.29, 1.82) is 0 Å². The van der Waals surface area contributed by atoms with Crippen LogP contribution in [0.15, 0.2) is 42.7 Å². The third kappa shape index (κ3) is 3.73. The highest BCUT2D eigenvalue weighted by atomic mass is 32.1. The van der Waals surface area contributed by atoms with E-state index in [1.54, 1.807) is 11.3 Å². The highest BCUT2D eigenvalue weighted by Crippen LogP contribution is 2.32. The summed E-state index contributed by atoms with van der Waals surface area (Å²) in [6, 6.07) is 10.1. The van der Waals surface area contributed by atoms with E-state index in [0.29, 0.717) is 0 Å². The summed E-state index contributed by atoms with van der Waals surface area (Å²) in [5.74, 6) is 2.63. The van der Waals surface area contributed by atoms with Crippen molar-refractivity contribution in [3.05, 3.63) is 53.9 Å². The van der Waals surface area contributed by atoms with E-state index in [2.05, 4.69) is 46.2 Å². The van der Waals surface area contributed by atoms with Crippen LogP contribution < -0.4 is 10.2 Å². The Bertz CT molecular complexity index is 1200. The van der Waals surface area contributed by atoms with Gasteiger partial charge in [-0.1, -0.05) is 12.1 Å². The molecule has 0 aromatic carbocycles. The Morgan fingerprint density at radius 3 is 2.63 bits per heavy atom. The van der Waals surface area contributed by atoms with E-state index in [9.17, 15) is 0 Å². The molecule has 7 heteroatoms. The van der Waals surface area contributed by atoms with Gasteiger partial charge in [0.05, 0.1) is 10.2 Å². The Hall–Kier alpha value is -3.06. The Morgan fingerprint density at radius 2 is 1.80 bits per heavy atom. The van der Waals surface area contributed by atoms with E-state index in [4.69, 9.17) is 9.97 Å². The molecule has 0 saturated carbocycles. The summed E-state index contributed by atoms with van der Waals surface area (Å²) < 4.78 is 1.05. The van der Waals surface area contributed by atoms with Gasteiger partial charge < -0.3 is 10.2 Å². The second-order valence-corrected chi connectivity index (χ2v) is 8.77. The monoisotopic (exact) mass is 416 g/mol. The van der Waals surface area contributed by atoms with E-state index < -0.39 is 0 Å². The molecule has 1 aliphatic rings. The maximum absolute atomic E-state index is 4.88. The molecule has 0 unspecified atom stereocenters. The van der Waals surface area contributed by atoms with Crippen LogP contribution in [0.3, 0.4) is 0 Å². The number of aryl methyl sites for hydroxylation is 2. The fourth-order valence-electron chi connectivity index (χ4n) is 3.86. The number of piperidine rings is 1. The first-order valence-electron chi connectivity index (χ1n) is 10.4. The smallest absolute Gasteiger partial charge is 0.143 e. The van der Waals surface area contributed by atoms with Crippen LogP contribution in [0.2, 0.25) is 0 Å². The van der Waals surface area contributed by atoms with E-state index in [-0.39, 0.29) is 0 Å². The third-order valence-corrected chi connectivity index (χ3v) is 6.48. The lowest BCUT2D eigenvalue weighted by atomic mass is 10.1. The summed E-state index contributed by atoms with van der Waals surface area (Å²) in [5, 5.41) is 4.28. The molecule has 1 aliphatic heterocycles. The van der Waals surface area contributed by atoms with Crippen molar-refractivity contribution >= 4 is 39.0 Å². The van der Waals surface area contributed by atoms with Crippen molar-refractivity contribution < 1.29 is 0 Å². The number of hydrogen-bond acceptors (Lipinski definition) is 7. The van der Waals surface area contributed by atoms with Crippen LogP contribution in [-0.4, -0.2) is 33.0 Å². The Kier molecular flexibility index (Phi) is 5.04. The molecule has 1 saturated heterocycles. The second kappa shape index (κ2) is 7.99. The van der Waals surface area contributed by atoms with Gasteiger partial charge in [0.1, 0.15) is 28.2 Å². The normalized spacial score (nSPS) is 14.3. The maximum atomic E-state index is 4.88. The average molecular weight is 417 g/mol. The molecule has 1 fully saturated rings. The highest BCUT2D eigenvalue weighted by Gasteiger charge is 2.15. The minimum Gasteiger partial charge on any atom is -0.356 e. The lowest BCUT2D eigenvalue weighted by Crippen LogP contribution is -2.30. The van der Waals surface area contributed by atoms with E-state index >= 15 is 0 Å². The molecule has 0 atom stereocenters. The van der Waals surface area contributed by atoms with Gasteiger partial charge >= 0.3 is 0 Å². The fourth-order valence-corrected chi connectivity index (χ4v) is 4.84. The average Bonchev–Trinajstić information content (AvgIpc) is 3.19. The molecule has 4 aromatic rings. The van der Waals surface area contributed by atoms with Gasteiger partial charge in [-0.25, -0.2) is 15.0 Å². The Morgan fingerprint density at radius 1 is 0.933 bits per heavy atom. The van der Waals surface area contributed by atoms with Crippen LogP contribution in [0.1, 0.15) is 30.4 Å². The van der Waals surface area contributed by atoms with E-state index in [0.717, 1.165) is 57.0 Å². The highest BCUT2D eigenvalue weighted by molar-refractivity contribution is 7.21. The molecule has 5 heterocycles. The molecular weight excluding hydrogens is 392 g/mol. The molecular formula is C23H24N6S. The Labute approximate surface area is 180 Å². The van der Waals surface area contributed by atoms with Gasteiger partial charge in [0, 0.05) is 31.5 Å². The van der Waals surface area contributed by atoms with Crippen LogP contribution in [0, 0.1) is 13.8 Å². The molecule has 4 aromatic heterocycles. The van der Waals surface area contributed by atoms with Gasteiger partial charge in [-0.2, -0.15) is 0 Å². The first-order valence-corrected chi connectivity index (χ1v) is 11.2. The van der Waals surface area contributed by atoms with Crippen molar-refractivity contribution in [2.24, 2.45) is 0 Å². The summed E-state index contributed by atoms with van der Waals surface area (Å²) in [7, 11) is 0. The molecule has 0 amide bonds. The zero-order valence-corrected chi connectivity index (χ0v) is 18.0. The molecule has 152 valence electrons. The molecule has 6 nitrogen and oxygen atoms in total. The van der Waals surface area contributed by atoms with Crippen LogP contribution in [0.4, 0.5) is 17.5 Å². The molecule has 5 rings (SSSR count). The maximum Gasteiger partial charge on any atom is 0.143 e. The van der Waals surface area contributed by atoms with Gasteiger partial charge in [0.2, 0.25) is 0 Å². The van der Waals surface area contributed by atoms with Crippen molar-refractivity contribution in [2.45, 2.75) is 33.1 Å². The van der Waals surface area contributed by atoms with Crippen LogP contribution in [0.25, 0.3) is 20.9 Å². The number of thiazole rings is 1. The van der Waals surface area contributed by atoms with Crippen molar-refractivity contribution in [3.8, 4) is 10.7 Å². The number of aromatic nitrogens is 4.